The summed E-state index contributed by atoms with van der Waals surface area (Å²) in [6, 6.07) is 21.9. The number of fused-ring (bicyclic) bond motifs is 3. The van der Waals surface area contributed by atoms with Crippen LogP contribution < -0.4 is 10.0 Å². The zero-order valence-electron chi connectivity index (χ0n) is 30.3. The standard InChI is InChI=1S/C41H38F4N8OS/c1-22-12-13-28-35(14-22)53(49-38(28)40(44)45)21-36(54)47-34(17-23-15-25(42)18-26(43)16-23)37-30(27-10-7-11-29-39(27)52(2)50-41(29)51-55-3)19-32-33(48-37)20-31(46-32)24-8-5-4-6-9-24/h4-11,15-16,18-20,22,34,40,46H,12-14,17,21H2,1-3H3,(H,47,54)(H,50,51). The smallest absolute Gasteiger partial charge is 0.282 e. The molecule has 1 aliphatic carbocycles. The van der Waals surface area contributed by atoms with Crippen LogP contribution in [0.25, 0.3) is 44.3 Å². The van der Waals surface area contributed by atoms with Gasteiger partial charge < -0.3 is 15.0 Å². The van der Waals surface area contributed by atoms with Crippen LogP contribution in [0.2, 0.25) is 0 Å². The molecule has 55 heavy (non-hydrogen) atoms. The Bertz CT molecular complexity index is 2530. The molecule has 4 heterocycles. The van der Waals surface area contributed by atoms with E-state index >= 15 is 0 Å². The number of hydrogen-bond acceptors (Lipinski definition) is 6. The average Bonchev–Trinajstić information content (AvgIpc) is 3.84. The largest absolute Gasteiger partial charge is 0.353 e. The zero-order chi connectivity index (χ0) is 38.4. The van der Waals surface area contributed by atoms with Crippen molar-refractivity contribution in [2.75, 3.05) is 11.0 Å². The Morgan fingerprint density at radius 3 is 2.51 bits per heavy atom. The van der Waals surface area contributed by atoms with Gasteiger partial charge in [-0.2, -0.15) is 10.2 Å². The van der Waals surface area contributed by atoms with Crippen molar-refractivity contribution in [1.82, 2.24) is 34.8 Å². The van der Waals surface area contributed by atoms with Crippen molar-refractivity contribution in [3.63, 3.8) is 0 Å². The summed E-state index contributed by atoms with van der Waals surface area (Å²) in [7, 11) is 1.85. The first kappa shape index (κ1) is 36.4. The number of aryl methyl sites for hydroxylation is 1. The van der Waals surface area contributed by atoms with Crippen LogP contribution in [0.5, 0.6) is 0 Å². The molecule has 14 heteroatoms. The van der Waals surface area contributed by atoms with E-state index < -0.39 is 30.0 Å². The molecule has 282 valence electrons. The average molecular weight is 767 g/mol. The maximum Gasteiger partial charge on any atom is 0.282 e. The molecule has 9 nitrogen and oxygen atoms in total. The highest BCUT2D eigenvalue weighted by Crippen LogP contribution is 2.39. The van der Waals surface area contributed by atoms with Gasteiger partial charge in [-0.25, -0.2) is 22.5 Å². The number of nitrogens with zero attached hydrogens (tertiary/aromatic N) is 5. The van der Waals surface area contributed by atoms with E-state index in [1.54, 1.807) is 4.68 Å². The molecule has 8 rings (SSSR count). The molecule has 0 bridgehead atoms. The number of anilines is 1. The molecule has 0 fully saturated rings. The summed E-state index contributed by atoms with van der Waals surface area (Å²) < 4.78 is 63.9. The molecule has 7 aromatic rings. The van der Waals surface area contributed by atoms with Crippen LogP contribution in [0, 0.1) is 17.6 Å². The van der Waals surface area contributed by atoms with E-state index in [2.05, 4.69) is 20.1 Å². The van der Waals surface area contributed by atoms with Gasteiger partial charge in [0, 0.05) is 52.8 Å². The predicted octanol–water partition coefficient (Wildman–Crippen LogP) is 9.11. The number of aromatic nitrogens is 6. The van der Waals surface area contributed by atoms with Gasteiger partial charge in [-0.05, 0) is 73.1 Å². The molecule has 1 amide bonds. The first-order chi connectivity index (χ1) is 26.6. The Morgan fingerprint density at radius 1 is 0.982 bits per heavy atom. The molecule has 3 N–H and O–H groups in total. The van der Waals surface area contributed by atoms with Crippen molar-refractivity contribution in [2.24, 2.45) is 13.0 Å². The van der Waals surface area contributed by atoms with E-state index in [-0.39, 0.29) is 24.6 Å². The summed E-state index contributed by atoms with van der Waals surface area (Å²) >= 11 is 1.42. The van der Waals surface area contributed by atoms with Gasteiger partial charge in [-0.1, -0.05) is 61.3 Å². The van der Waals surface area contributed by atoms with Crippen molar-refractivity contribution in [3.8, 4) is 22.4 Å². The summed E-state index contributed by atoms with van der Waals surface area (Å²) in [4.78, 5) is 22.8. The van der Waals surface area contributed by atoms with Crippen LogP contribution in [0.1, 0.15) is 54.0 Å². The highest BCUT2D eigenvalue weighted by Gasteiger charge is 2.30. The van der Waals surface area contributed by atoms with E-state index in [9.17, 15) is 22.4 Å². The molecule has 2 atom stereocenters. The highest BCUT2D eigenvalue weighted by molar-refractivity contribution is 7.99. The summed E-state index contributed by atoms with van der Waals surface area (Å²) in [6.45, 7) is 1.73. The predicted molar refractivity (Wildman–Crippen MR) is 208 cm³/mol. The molecule has 0 radical (unpaired) electrons. The molecule has 0 saturated heterocycles. The van der Waals surface area contributed by atoms with Crippen LogP contribution in [-0.4, -0.2) is 41.7 Å². The highest BCUT2D eigenvalue weighted by atomic mass is 32.2. The Hall–Kier alpha value is -5.63. The van der Waals surface area contributed by atoms with Crippen molar-refractivity contribution in [2.45, 2.75) is 51.6 Å². The van der Waals surface area contributed by atoms with Gasteiger partial charge >= 0.3 is 0 Å². The fourth-order valence-electron chi connectivity index (χ4n) is 7.79. The van der Waals surface area contributed by atoms with Gasteiger partial charge in [0.25, 0.3) is 6.43 Å². The van der Waals surface area contributed by atoms with Crippen LogP contribution >= 0.6 is 11.9 Å². The van der Waals surface area contributed by atoms with E-state index in [0.29, 0.717) is 52.3 Å². The van der Waals surface area contributed by atoms with Gasteiger partial charge in [0.15, 0.2) is 5.82 Å². The lowest BCUT2D eigenvalue weighted by Crippen LogP contribution is -2.34. The number of rotatable bonds is 11. The van der Waals surface area contributed by atoms with E-state index in [1.165, 1.54) is 28.8 Å². The second-order valence-electron chi connectivity index (χ2n) is 14.1. The number of alkyl halides is 2. The normalized spacial score (nSPS) is 14.8. The minimum absolute atomic E-state index is 0.0287. The topological polar surface area (TPSA) is 105 Å². The number of para-hydroxylation sites is 1. The molecule has 2 unspecified atom stereocenters. The third-order valence-electron chi connectivity index (χ3n) is 10.2. The van der Waals surface area contributed by atoms with E-state index in [4.69, 9.17) is 10.1 Å². The monoisotopic (exact) mass is 766 g/mol. The maximum absolute atomic E-state index is 14.7. The van der Waals surface area contributed by atoms with Gasteiger partial charge in [-0.15, -0.1) is 0 Å². The zero-order valence-corrected chi connectivity index (χ0v) is 31.2. The second-order valence-corrected chi connectivity index (χ2v) is 14.7. The summed E-state index contributed by atoms with van der Waals surface area (Å²) in [5.41, 5.74) is 6.93. The number of pyridine rings is 1. The van der Waals surface area contributed by atoms with Crippen molar-refractivity contribution >= 4 is 45.6 Å². The minimum atomic E-state index is -2.77. The number of aromatic amines is 1. The SMILES string of the molecule is CSNc1nn(C)c2c(-c3cc4[nH]c(-c5ccccc5)cc4nc3C(Cc3cc(F)cc(F)c3)NC(=O)Cn3nc(C(F)F)c4c3CC(C)CC4)cccc12. The molecule has 3 aromatic carbocycles. The summed E-state index contributed by atoms with van der Waals surface area (Å²) in [5.74, 6) is -1.11. The Kier molecular flexibility index (Phi) is 9.84. The van der Waals surface area contributed by atoms with Crippen LogP contribution in [0.4, 0.5) is 23.4 Å². The van der Waals surface area contributed by atoms with Crippen LogP contribution in [0.15, 0.2) is 78.9 Å². The summed E-state index contributed by atoms with van der Waals surface area (Å²) in [6.07, 6.45) is 0.858. The van der Waals surface area contributed by atoms with Gasteiger partial charge in [0.2, 0.25) is 5.91 Å². The Balaban J connectivity index is 1.29. The van der Waals surface area contributed by atoms with Gasteiger partial charge in [-0.3, -0.25) is 14.2 Å². The fourth-order valence-corrected chi connectivity index (χ4v) is 8.14. The lowest BCUT2D eigenvalue weighted by Gasteiger charge is -2.23. The van der Waals surface area contributed by atoms with Gasteiger partial charge in [0.05, 0.1) is 28.3 Å². The quantitative estimate of drug-likeness (QED) is 0.0897. The number of benzene rings is 3. The summed E-state index contributed by atoms with van der Waals surface area (Å²) in [5, 5.41) is 12.9. The number of carbonyl (C=O) groups is 1. The minimum Gasteiger partial charge on any atom is -0.353 e. The number of carbonyl (C=O) groups excluding carboxylic acids is 1. The number of nitrogens with one attached hydrogen (secondary N) is 3. The Labute approximate surface area is 318 Å². The third kappa shape index (κ3) is 7.18. The molecule has 1 aliphatic rings. The van der Waals surface area contributed by atoms with Crippen molar-refractivity contribution in [3.05, 3.63) is 119 Å². The number of hydrogen-bond donors (Lipinski definition) is 3. The number of amides is 1. The fraction of sp³-hybridized carbons (Fsp3) is 0.268. The molecular formula is C41H38F4N8OS. The van der Waals surface area contributed by atoms with Crippen LogP contribution in [0.3, 0.4) is 0 Å². The second kappa shape index (κ2) is 14.9. The van der Waals surface area contributed by atoms with Gasteiger partial charge in [0.1, 0.15) is 23.9 Å². The van der Waals surface area contributed by atoms with E-state index in [0.717, 1.165) is 45.7 Å². The Morgan fingerprint density at radius 2 is 1.76 bits per heavy atom. The van der Waals surface area contributed by atoms with Crippen molar-refractivity contribution in [1.29, 1.82) is 0 Å². The van der Waals surface area contributed by atoms with Crippen molar-refractivity contribution < 1.29 is 22.4 Å². The first-order valence-electron chi connectivity index (χ1n) is 18.0. The lowest BCUT2D eigenvalue weighted by molar-refractivity contribution is -0.122. The van der Waals surface area contributed by atoms with E-state index in [1.807, 2.05) is 80.9 Å². The lowest BCUT2D eigenvalue weighted by atomic mass is 9.88. The van der Waals surface area contributed by atoms with Crippen LogP contribution in [-0.2, 0) is 37.6 Å². The third-order valence-corrected chi connectivity index (χ3v) is 10.6. The maximum atomic E-state index is 14.7. The number of halogens is 4. The number of H-pyrrole nitrogens is 1. The molecule has 0 aliphatic heterocycles. The molecule has 4 aromatic heterocycles. The molecule has 0 spiro atoms. The molecular weight excluding hydrogens is 729 g/mol. The first-order valence-corrected chi connectivity index (χ1v) is 19.2. The molecule has 0 saturated carbocycles.